The first-order valence-corrected chi connectivity index (χ1v) is 8.98. The number of unbranched alkanes of at least 4 members (excludes halogenated alkanes) is 1. The summed E-state index contributed by atoms with van der Waals surface area (Å²) in [5, 5.41) is 0. The summed E-state index contributed by atoms with van der Waals surface area (Å²) in [6, 6.07) is 0. The van der Waals surface area contributed by atoms with E-state index < -0.39 is 0 Å². The molecule has 0 aromatic rings. The van der Waals surface area contributed by atoms with Crippen LogP contribution < -0.4 is 0 Å². The SMILES string of the molecule is CCCCOP(SCC)SCC. The van der Waals surface area contributed by atoms with Crippen LogP contribution in [0.3, 0.4) is 0 Å². The lowest BCUT2D eigenvalue weighted by molar-refractivity contribution is 0.356. The van der Waals surface area contributed by atoms with Crippen LogP contribution in [0.4, 0.5) is 0 Å². The molecule has 0 unspecified atom stereocenters. The van der Waals surface area contributed by atoms with Crippen LogP contribution in [0.15, 0.2) is 0 Å². The first-order chi connectivity index (χ1) is 5.85. The lowest BCUT2D eigenvalue weighted by Crippen LogP contribution is -1.85. The van der Waals surface area contributed by atoms with Crippen LogP contribution in [-0.2, 0) is 4.52 Å². The first kappa shape index (κ1) is 13.1. The Kier molecular flexibility index (Phi) is 11.1. The van der Waals surface area contributed by atoms with Crippen molar-refractivity contribution in [2.75, 3.05) is 18.1 Å². The second-order valence-electron chi connectivity index (χ2n) is 2.25. The van der Waals surface area contributed by atoms with Gasteiger partial charge in [-0.15, -0.1) is 0 Å². The molecular formula is C8H19OPS2. The average Bonchev–Trinajstić information content (AvgIpc) is 2.06. The quantitative estimate of drug-likeness (QED) is 0.444. The van der Waals surface area contributed by atoms with E-state index in [-0.39, 0.29) is 6.55 Å². The number of hydrogen-bond donors (Lipinski definition) is 0. The minimum Gasteiger partial charge on any atom is -0.339 e. The molecule has 0 heterocycles. The van der Waals surface area contributed by atoms with Gasteiger partial charge < -0.3 is 4.52 Å². The van der Waals surface area contributed by atoms with Crippen molar-refractivity contribution in [3.05, 3.63) is 0 Å². The van der Waals surface area contributed by atoms with Crippen LogP contribution >= 0.6 is 29.3 Å². The summed E-state index contributed by atoms with van der Waals surface area (Å²) in [6.07, 6.45) is 2.43. The molecule has 0 fully saturated rings. The monoisotopic (exact) mass is 226 g/mol. The molecule has 0 spiro atoms. The number of rotatable bonds is 8. The van der Waals surface area contributed by atoms with Crippen molar-refractivity contribution in [3.8, 4) is 0 Å². The molecule has 0 radical (unpaired) electrons. The third-order valence-corrected chi connectivity index (χ3v) is 7.84. The Balaban J connectivity index is 3.34. The molecule has 0 N–H and O–H groups in total. The van der Waals surface area contributed by atoms with Gasteiger partial charge in [-0.25, -0.2) is 0 Å². The minimum atomic E-state index is -0.239. The lowest BCUT2D eigenvalue weighted by atomic mass is 10.4. The molecule has 12 heavy (non-hydrogen) atoms. The van der Waals surface area contributed by atoms with E-state index in [1.54, 1.807) is 0 Å². The Morgan fingerprint density at radius 3 is 2.08 bits per heavy atom. The highest BCUT2D eigenvalue weighted by Gasteiger charge is 2.07. The smallest absolute Gasteiger partial charge is 0.151 e. The molecule has 0 amide bonds. The molecule has 4 heteroatoms. The van der Waals surface area contributed by atoms with Gasteiger partial charge in [0.2, 0.25) is 0 Å². The summed E-state index contributed by atoms with van der Waals surface area (Å²) in [5.74, 6) is 2.34. The van der Waals surface area contributed by atoms with Crippen molar-refractivity contribution in [3.63, 3.8) is 0 Å². The Morgan fingerprint density at radius 2 is 1.67 bits per heavy atom. The second-order valence-corrected chi connectivity index (χ2v) is 8.85. The van der Waals surface area contributed by atoms with Crippen LogP contribution in [-0.4, -0.2) is 18.1 Å². The van der Waals surface area contributed by atoms with Gasteiger partial charge in [0.25, 0.3) is 0 Å². The molecule has 0 bridgehead atoms. The standard InChI is InChI=1S/C8H19OPS2/c1-4-7-8-9-10(11-5-2)12-6-3/h4-8H2,1-3H3. The maximum atomic E-state index is 5.75. The molecule has 0 rings (SSSR count). The third-order valence-electron chi connectivity index (χ3n) is 1.16. The average molecular weight is 226 g/mol. The molecule has 0 atom stereocenters. The van der Waals surface area contributed by atoms with Gasteiger partial charge in [0.1, 0.15) is 0 Å². The van der Waals surface area contributed by atoms with Crippen LogP contribution in [0, 0.1) is 0 Å². The van der Waals surface area contributed by atoms with E-state index in [2.05, 4.69) is 20.8 Å². The van der Waals surface area contributed by atoms with Gasteiger partial charge in [0.15, 0.2) is 6.55 Å². The Bertz CT molecular complexity index is 87.1. The maximum absolute atomic E-state index is 5.75. The summed E-state index contributed by atoms with van der Waals surface area (Å²) >= 11 is 3.91. The molecule has 0 aliphatic carbocycles. The van der Waals surface area contributed by atoms with Gasteiger partial charge >= 0.3 is 0 Å². The zero-order valence-corrected chi connectivity index (χ0v) is 10.7. The predicted octanol–water partition coefficient (Wildman–Crippen LogP) is 4.54. The van der Waals surface area contributed by atoms with E-state index in [1.807, 2.05) is 22.8 Å². The van der Waals surface area contributed by atoms with Crippen LogP contribution in [0.2, 0.25) is 0 Å². The molecular weight excluding hydrogens is 207 g/mol. The highest BCUT2D eigenvalue weighted by atomic mass is 33.1. The van der Waals surface area contributed by atoms with Crippen molar-refractivity contribution in [1.29, 1.82) is 0 Å². The summed E-state index contributed by atoms with van der Waals surface area (Å²) in [6.45, 7) is 7.30. The molecule has 0 saturated carbocycles. The van der Waals surface area contributed by atoms with Gasteiger partial charge in [0.05, 0.1) is 6.61 Å². The fraction of sp³-hybridized carbons (Fsp3) is 1.00. The van der Waals surface area contributed by atoms with Crippen LogP contribution in [0.1, 0.15) is 33.6 Å². The lowest BCUT2D eigenvalue weighted by Gasteiger charge is -2.13. The highest BCUT2D eigenvalue weighted by molar-refractivity contribution is 8.86. The zero-order valence-electron chi connectivity index (χ0n) is 8.21. The molecule has 0 aromatic heterocycles. The molecule has 74 valence electrons. The van der Waals surface area contributed by atoms with E-state index in [0.29, 0.717) is 0 Å². The zero-order chi connectivity index (χ0) is 9.23. The van der Waals surface area contributed by atoms with E-state index in [0.717, 1.165) is 6.61 Å². The van der Waals surface area contributed by atoms with E-state index in [9.17, 15) is 0 Å². The summed E-state index contributed by atoms with van der Waals surface area (Å²) in [5.41, 5.74) is 0. The largest absolute Gasteiger partial charge is 0.339 e. The Hall–Kier alpha value is 1.09. The second kappa shape index (κ2) is 10.2. The molecule has 0 saturated heterocycles. The van der Waals surface area contributed by atoms with E-state index >= 15 is 0 Å². The highest BCUT2D eigenvalue weighted by Crippen LogP contribution is 2.61. The molecule has 0 aliphatic heterocycles. The van der Waals surface area contributed by atoms with Crippen LogP contribution in [0.25, 0.3) is 0 Å². The normalized spacial score (nSPS) is 11.0. The topological polar surface area (TPSA) is 9.23 Å². The van der Waals surface area contributed by atoms with Gasteiger partial charge in [-0.1, -0.05) is 50.0 Å². The summed E-state index contributed by atoms with van der Waals surface area (Å²) in [4.78, 5) is 0. The van der Waals surface area contributed by atoms with Crippen molar-refractivity contribution in [2.24, 2.45) is 0 Å². The van der Waals surface area contributed by atoms with Gasteiger partial charge in [-0.05, 0) is 17.9 Å². The summed E-state index contributed by atoms with van der Waals surface area (Å²) < 4.78 is 5.75. The van der Waals surface area contributed by atoms with Crippen molar-refractivity contribution in [2.45, 2.75) is 33.6 Å². The molecule has 0 aliphatic rings. The predicted molar refractivity (Wildman–Crippen MR) is 64.0 cm³/mol. The Labute approximate surface area is 85.7 Å². The number of hydrogen-bond acceptors (Lipinski definition) is 3. The van der Waals surface area contributed by atoms with Gasteiger partial charge in [0, 0.05) is 0 Å². The third kappa shape index (κ3) is 7.72. The fourth-order valence-corrected chi connectivity index (χ4v) is 6.48. The summed E-state index contributed by atoms with van der Waals surface area (Å²) in [7, 11) is 0. The first-order valence-electron chi connectivity index (χ1n) is 4.54. The van der Waals surface area contributed by atoms with E-state index in [1.165, 1.54) is 24.3 Å². The van der Waals surface area contributed by atoms with Gasteiger partial charge in [-0.2, -0.15) is 0 Å². The van der Waals surface area contributed by atoms with Crippen molar-refractivity contribution >= 4 is 29.3 Å². The Morgan fingerprint density at radius 1 is 1.08 bits per heavy atom. The fourth-order valence-electron chi connectivity index (χ4n) is 0.606. The molecule has 0 aromatic carbocycles. The minimum absolute atomic E-state index is 0.239. The maximum Gasteiger partial charge on any atom is 0.151 e. The van der Waals surface area contributed by atoms with Crippen LogP contribution in [0.5, 0.6) is 0 Å². The van der Waals surface area contributed by atoms with Crippen molar-refractivity contribution < 1.29 is 4.52 Å². The van der Waals surface area contributed by atoms with E-state index in [4.69, 9.17) is 4.52 Å². The van der Waals surface area contributed by atoms with Gasteiger partial charge in [-0.3, -0.25) is 0 Å². The molecule has 1 nitrogen and oxygen atoms in total. The van der Waals surface area contributed by atoms with Crippen molar-refractivity contribution in [1.82, 2.24) is 0 Å².